The first-order valence-corrected chi connectivity index (χ1v) is 22.6. The van der Waals surface area contributed by atoms with Crippen LogP contribution in [-0.4, -0.2) is 82.5 Å². The molecule has 3 N–H and O–H groups in total. The summed E-state index contributed by atoms with van der Waals surface area (Å²) in [6, 6.07) is 23.6. The van der Waals surface area contributed by atoms with Crippen molar-refractivity contribution in [2.75, 3.05) is 37.9 Å². The van der Waals surface area contributed by atoms with E-state index in [4.69, 9.17) is 34.7 Å². The van der Waals surface area contributed by atoms with E-state index < -0.39 is 13.9 Å². The van der Waals surface area contributed by atoms with E-state index in [1.807, 2.05) is 38.6 Å². The monoisotopic (exact) mass is 806 g/mol. The summed E-state index contributed by atoms with van der Waals surface area (Å²) in [5.41, 5.74) is 9.87. The second-order valence-electron chi connectivity index (χ2n) is 17.5. The van der Waals surface area contributed by atoms with Gasteiger partial charge in [0.2, 0.25) is 5.95 Å². The van der Waals surface area contributed by atoms with Crippen LogP contribution in [0.15, 0.2) is 72.9 Å². The van der Waals surface area contributed by atoms with Gasteiger partial charge in [0.25, 0.3) is 8.32 Å². The van der Waals surface area contributed by atoms with Gasteiger partial charge in [-0.15, -0.1) is 0 Å². The minimum absolute atomic E-state index is 0.0538. The highest BCUT2D eigenvalue weighted by Crippen LogP contribution is 2.37. The van der Waals surface area contributed by atoms with Crippen molar-refractivity contribution in [3.63, 3.8) is 0 Å². The average Bonchev–Trinajstić information content (AvgIpc) is 3.50. The first kappa shape index (κ1) is 42.6. The third-order valence-electron chi connectivity index (χ3n) is 11.0. The summed E-state index contributed by atoms with van der Waals surface area (Å²) in [5.74, 6) is 1.77. The third kappa shape index (κ3) is 9.47. The molecule has 58 heavy (non-hydrogen) atoms. The predicted molar refractivity (Wildman–Crippen MR) is 235 cm³/mol. The molecular formula is C45H62N8O4Si. The number of carbonyl (C=O) groups is 1. The fourth-order valence-corrected chi connectivity index (χ4v) is 12.9. The highest BCUT2D eigenvalue weighted by Gasteiger charge is 2.50. The molecule has 310 valence electrons. The van der Waals surface area contributed by atoms with Crippen molar-refractivity contribution in [1.29, 1.82) is 0 Å². The summed E-state index contributed by atoms with van der Waals surface area (Å²) in [6.07, 6.45) is 5.97. The van der Waals surface area contributed by atoms with Crippen LogP contribution in [0, 0.1) is 6.92 Å². The normalized spacial score (nSPS) is 14.7. The molecule has 2 aromatic carbocycles. The van der Waals surface area contributed by atoms with E-state index in [2.05, 4.69) is 105 Å². The van der Waals surface area contributed by atoms with E-state index in [9.17, 15) is 4.79 Å². The summed E-state index contributed by atoms with van der Waals surface area (Å²) in [5, 5.41) is 11.1. The Morgan fingerprint density at radius 3 is 2.17 bits per heavy atom. The summed E-state index contributed by atoms with van der Waals surface area (Å²) in [4.78, 5) is 28.8. The Labute approximate surface area is 345 Å². The zero-order valence-electron chi connectivity index (χ0n) is 35.8. The summed E-state index contributed by atoms with van der Waals surface area (Å²) < 4.78 is 20.7. The molecule has 0 bridgehead atoms. The van der Waals surface area contributed by atoms with Gasteiger partial charge in [-0.05, 0) is 86.3 Å². The number of nitrogens with two attached hydrogens (primary N) is 1. The van der Waals surface area contributed by atoms with Crippen LogP contribution in [0.2, 0.25) is 5.04 Å². The number of amides is 1. The zero-order valence-corrected chi connectivity index (χ0v) is 36.8. The smallest absolute Gasteiger partial charge is 0.410 e. The number of methoxy groups -OCH3 is 1. The second kappa shape index (κ2) is 17.9. The van der Waals surface area contributed by atoms with E-state index in [1.54, 1.807) is 12.0 Å². The number of benzene rings is 2. The number of nitrogen functional groups attached to an aromatic ring is 1. The first-order chi connectivity index (χ1) is 27.6. The summed E-state index contributed by atoms with van der Waals surface area (Å²) in [6.45, 7) is 18.9. The number of carbonyl (C=O) groups excluding carboxylic acids is 1. The number of rotatable bonds is 14. The maximum Gasteiger partial charge on any atom is 0.410 e. The van der Waals surface area contributed by atoms with Crippen molar-refractivity contribution in [2.24, 2.45) is 0 Å². The van der Waals surface area contributed by atoms with Gasteiger partial charge in [0.05, 0.1) is 19.3 Å². The number of likely N-dealkylation sites (tertiary alicyclic amines) is 1. The maximum absolute atomic E-state index is 12.7. The number of nitrogens with zero attached hydrogens (tertiary/aromatic N) is 6. The zero-order chi connectivity index (χ0) is 41.7. The fourth-order valence-electron chi connectivity index (χ4n) is 8.28. The summed E-state index contributed by atoms with van der Waals surface area (Å²) in [7, 11) is -1.03. The molecule has 6 rings (SSSR count). The van der Waals surface area contributed by atoms with Gasteiger partial charge in [0, 0.05) is 31.9 Å². The number of ether oxygens (including phenoxy) is 2. The molecule has 0 radical (unpaired) electrons. The van der Waals surface area contributed by atoms with E-state index in [0.717, 1.165) is 54.6 Å². The van der Waals surface area contributed by atoms with Crippen molar-refractivity contribution in [2.45, 2.75) is 117 Å². The number of piperidine rings is 1. The van der Waals surface area contributed by atoms with E-state index in [-0.39, 0.29) is 29.0 Å². The molecule has 1 aliphatic heterocycles. The molecule has 1 fully saturated rings. The van der Waals surface area contributed by atoms with Gasteiger partial charge in [-0.3, -0.25) is 9.67 Å². The molecule has 0 saturated carbocycles. The molecular weight excluding hydrogens is 745 g/mol. The molecule has 0 aliphatic carbocycles. The van der Waals surface area contributed by atoms with Gasteiger partial charge in [-0.1, -0.05) is 94.8 Å². The Hall–Kier alpha value is -5.01. The maximum atomic E-state index is 12.7. The van der Waals surface area contributed by atoms with Gasteiger partial charge >= 0.3 is 6.09 Å². The molecule has 0 spiro atoms. The number of aromatic nitrogens is 5. The van der Waals surface area contributed by atoms with Crippen LogP contribution >= 0.6 is 0 Å². The molecule has 4 heterocycles. The number of hydrogen-bond donors (Lipinski definition) is 2. The Morgan fingerprint density at radius 2 is 1.60 bits per heavy atom. The standard InChI is InChI=1S/C45H62N8O4Si/c1-10-17-34(24-27-56-58(45(6,7)8,35-18-13-11-14-19-35)36-20-15-12-16-21-36)48-41-40-39(49-42(46)50-41)31(2)51-53(40)30-37-38(55-9)28-33(29-47-37)32-22-25-52(26-23-32)43(54)57-44(3,4)5/h11-16,18-21,28-29,32,34H,10,17,22-27,30H2,1-9H3,(H3,46,48,49,50)/t34-/m0/s1. The predicted octanol–water partition coefficient (Wildman–Crippen LogP) is 7.83. The first-order valence-electron chi connectivity index (χ1n) is 20.7. The van der Waals surface area contributed by atoms with Gasteiger partial charge in [0.1, 0.15) is 28.1 Å². The molecule has 1 atom stereocenters. The van der Waals surface area contributed by atoms with Crippen molar-refractivity contribution in [3.8, 4) is 5.75 Å². The largest absolute Gasteiger partial charge is 0.495 e. The Morgan fingerprint density at radius 1 is 0.966 bits per heavy atom. The molecule has 0 unspecified atom stereocenters. The molecule has 1 saturated heterocycles. The molecule has 1 aliphatic rings. The Balaban J connectivity index is 1.23. The van der Waals surface area contributed by atoms with E-state index in [0.29, 0.717) is 43.3 Å². The van der Waals surface area contributed by atoms with Crippen LogP contribution in [0.4, 0.5) is 16.6 Å². The number of aryl methyl sites for hydroxylation is 1. The topological polar surface area (TPSA) is 143 Å². The highest BCUT2D eigenvalue weighted by molar-refractivity contribution is 6.99. The van der Waals surface area contributed by atoms with E-state index in [1.165, 1.54) is 10.4 Å². The molecule has 3 aromatic heterocycles. The minimum Gasteiger partial charge on any atom is -0.495 e. The van der Waals surface area contributed by atoms with Crippen LogP contribution in [0.3, 0.4) is 0 Å². The van der Waals surface area contributed by atoms with Crippen LogP contribution in [0.1, 0.15) is 103 Å². The van der Waals surface area contributed by atoms with Crippen molar-refractivity contribution >= 4 is 47.6 Å². The number of fused-ring (bicyclic) bond motifs is 1. The lowest BCUT2D eigenvalue weighted by Crippen LogP contribution is -2.66. The van der Waals surface area contributed by atoms with Crippen LogP contribution < -0.4 is 26.2 Å². The third-order valence-corrected chi connectivity index (χ3v) is 16.1. The van der Waals surface area contributed by atoms with Crippen molar-refractivity contribution in [3.05, 3.63) is 89.9 Å². The van der Waals surface area contributed by atoms with Gasteiger partial charge in [-0.2, -0.15) is 10.1 Å². The van der Waals surface area contributed by atoms with Crippen LogP contribution in [-0.2, 0) is 15.7 Å². The average molecular weight is 807 g/mol. The van der Waals surface area contributed by atoms with Crippen LogP contribution in [0.5, 0.6) is 5.75 Å². The van der Waals surface area contributed by atoms with Crippen molar-refractivity contribution in [1.82, 2.24) is 29.6 Å². The Kier molecular flexibility index (Phi) is 13.1. The number of anilines is 2. The SMILES string of the molecule is CCC[C@@H](CCO[Si](c1ccccc1)(c1ccccc1)C(C)(C)C)Nc1nc(N)nc2c(C)nn(Cc3ncc(C4CCN(C(=O)OC(C)(C)C)CC4)cc3OC)c12. The van der Waals surface area contributed by atoms with Gasteiger partial charge < -0.3 is 29.9 Å². The summed E-state index contributed by atoms with van der Waals surface area (Å²) >= 11 is 0. The Bertz CT molecular complexity index is 2100. The highest BCUT2D eigenvalue weighted by atomic mass is 28.4. The molecule has 5 aromatic rings. The molecule has 1 amide bonds. The number of hydrogen-bond acceptors (Lipinski definition) is 10. The lowest BCUT2D eigenvalue weighted by molar-refractivity contribution is 0.0204. The van der Waals surface area contributed by atoms with Crippen LogP contribution in [0.25, 0.3) is 11.0 Å². The number of nitrogens with one attached hydrogen (secondary N) is 1. The minimum atomic E-state index is -2.70. The van der Waals surface area contributed by atoms with Gasteiger partial charge in [-0.25, -0.2) is 9.78 Å². The quantitative estimate of drug-likeness (QED) is 0.107. The second-order valence-corrected chi connectivity index (χ2v) is 21.8. The lowest BCUT2D eigenvalue weighted by Gasteiger charge is -2.43. The van der Waals surface area contributed by atoms with Gasteiger partial charge in [0.15, 0.2) is 5.82 Å². The number of pyridine rings is 1. The molecule has 12 nitrogen and oxygen atoms in total. The lowest BCUT2D eigenvalue weighted by atomic mass is 9.90. The van der Waals surface area contributed by atoms with E-state index >= 15 is 0 Å². The van der Waals surface area contributed by atoms with Crippen molar-refractivity contribution < 1.29 is 18.7 Å². The fraction of sp³-hybridized carbons (Fsp3) is 0.489. The molecule has 13 heteroatoms.